The maximum atomic E-state index is 10.9. The fraction of sp³-hybridized carbons (Fsp3) is 0.583. The predicted octanol–water partition coefficient (Wildman–Crippen LogP) is 2.59. The fourth-order valence-electron chi connectivity index (χ4n) is 1.82. The molecule has 7 heteroatoms. The number of nitrogens with one attached hydrogen (secondary N) is 1. The van der Waals surface area contributed by atoms with Crippen LogP contribution < -0.4 is 5.32 Å². The van der Waals surface area contributed by atoms with Gasteiger partial charge in [0.1, 0.15) is 0 Å². The first-order valence-electron chi connectivity index (χ1n) is 6.01. The van der Waals surface area contributed by atoms with Crippen LogP contribution in [0.15, 0.2) is 5.38 Å². The Labute approximate surface area is 119 Å². The molecule has 2 rings (SSSR count). The Balaban J connectivity index is 1.75. The van der Waals surface area contributed by atoms with Crippen molar-refractivity contribution in [2.45, 2.75) is 31.9 Å². The minimum Gasteiger partial charge on any atom is -0.481 e. The molecule has 1 aliphatic rings. The molecule has 1 aromatic heterocycles. The summed E-state index contributed by atoms with van der Waals surface area (Å²) in [4.78, 5) is 25.9. The van der Waals surface area contributed by atoms with Crippen LogP contribution in [0.5, 0.6) is 0 Å². The monoisotopic (exact) mass is 300 g/mol. The zero-order chi connectivity index (χ0) is 13.9. The summed E-state index contributed by atoms with van der Waals surface area (Å²) in [6.45, 7) is 1.46. The SMILES string of the molecule is CC(=O)Nc1nc(CSCC2(CC(=O)O)CC2)cs1. The molecule has 0 unspecified atom stereocenters. The van der Waals surface area contributed by atoms with Crippen LogP contribution in [0.2, 0.25) is 0 Å². The third-order valence-electron chi connectivity index (χ3n) is 2.98. The number of aliphatic carboxylic acids is 1. The zero-order valence-electron chi connectivity index (χ0n) is 10.6. The van der Waals surface area contributed by atoms with Gasteiger partial charge in [0.05, 0.1) is 12.1 Å². The van der Waals surface area contributed by atoms with Crippen molar-refractivity contribution >= 4 is 40.1 Å². The molecule has 0 bridgehead atoms. The summed E-state index contributed by atoms with van der Waals surface area (Å²) >= 11 is 3.13. The Morgan fingerprint density at radius 3 is 2.89 bits per heavy atom. The molecule has 0 atom stereocenters. The molecule has 104 valence electrons. The van der Waals surface area contributed by atoms with Gasteiger partial charge in [0, 0.05) is 18.1 Å². The summed E-state index contributed by atoms with van der Waals surface area (Å²) in [5.74, 6) is 0.802. The van der Waals surface area contributed by atoms with Crippen LogP contribution in [-0.2, 0) is 15.3 Å². The van der Waals surface area contributed by atoms with E-state index in [-0.39, 0.29) is 17.7 Å². The highest BCUT2D eigenvalue weighted by Crippen LogP contribution is 2.51. The first-order valence-corrected chi connectivity index (χ1v) is 8.04. The van der Waals surface area contributed by atoms with E-state index >= 15 is 0 Å². The number of thioether (sulfide) groups is 1. The van der Waals surface area contributed by atoms with E-state index in [0.29, 0.717) is 5.13 Å². The van der Waals surface area contributed by atoms with E-state index in [1.165, 1.54) is 18.3 Å². The second-order valence-electron chi connectivity index (χ2n) is 4.89. The molecule has 0 aliphatic heterocycles. The second kappa shape index (κ2) is 5.92. The van der Waals surface area contributed by atoms with Crippen molar-refractivity contribution in [2.75, 3.05) is 11.1 Å². The highest BCUT2D eigenvalue weighted by molar-refractivity contribution is 7.98. The van der Waals surface area contributed by atoms with Gasteiger partial charge in [0.25, 0.3) is 0 Å². The third-order valence-corrected chi connectivity index (χ3v) is 5.10. The lowest BCUT2D eigenvalue weighted by atomic mass is 10.1. The number of carbonyl (C=O) groups is 2. The van der Waals surface area contributed by atoms with Crippen LogP contribution >= 0.6 is 23.1 Å². The molecule has 1 aliphatic carbocycles. The smallest absolute Gasteiger partial charge is 0.303 e. The summed E-state index contributed by atoms with van der Waals surface area (Å²) in [6, 6.07) is 0. The molecule has 2 N–H and O–H groups in total. The molecule has 0 aromatic carbocycles. The minimum absolute atomic E-state index is 0.0208. The summed E-state index contributed by atoms with van der Waals surface area (Å²) < 4.78 is 0. The predicted molar refractivity (Wildman–Crippen MR) is 76.5 cm³/mol. The average Bonchev–Trinajstić information content (AvgIpc) is 2.89. The minimum atomic E-state index is -0.709. The first kappa shape index (κ1) is 14.3. The zero-order valence-corrected chi connectivity index (χ0v) is 12.3. The quantitative estimate of drug-likeness (QED) is 0.809. The highest BCUT2D eigenvalue weighted by Gasteiger charge is 2.44. The highest BCUT2D eigenvalue weighted by atomic mass is 32.2. The van der Waals surface area contributed by atoms with Crippen molar-refractivity contribution in [1.29, 1.82) is 0 Å². The van der Waals surface area contributed by atoms with E-state index in [0.717, 1.165) is 30.0 Å². The standard InChI is InChI=1S/C12H16N2O3S2/c1-8(15)13-11-14-9(6-19-11)5-18-7-12(2-3-12)4-10(16)17/h6H,2-5,7H2,1H3,(H,16,17)(H,13,14,15). The van der Waals surface area contributed by atoms with E-state index in [4.69, 9.17) is 5.11 Å². The average molecular weight is 300 g/mol. The van der Waals surface area contributed by atoms with Crippen LogP contribution in [0.1, 0.15) is 31.9 Å². The largest absolute Gasteiger partial charge is 0.481 e. The Morgan fingerprint density at radius 2 is 2.32 bits per heavy atom. The summed E-state index contributed by atoms with van der Waals surface area (Å²) in [7, 11) is 0. The van der Waals surface area contributed by atoms with Gasteiger partial charge in [-0.3, -0.25) is 9.59 Å². The normalized spacial score (nSPS) is 16.1. The van der Waals surface area contributed by atoms with E-state index in [1.54, 1.807) is 11.8 Å². The van der Waals surface area contributed by atoms with Crippen molar-refractivity contribution in [3.05, 3.63) is 11.1 Å². The van der Waals surface area contributed by atoms with Gasteiger partial charge in [-0.15, -0.1) is 11.3 Å². The molecule has 1 amide bonds. The number of thiazole rings is 1. The number of amides is 1. The van der Waals surface area contributed by atoms with Crippen molar-refractivity contribution in [3.8, 4) is 0 Å². The molecule has 5 nitrogen and oxygen atoms in total. The van der Waals surface area contributed by atoms with E-state index in [9.17, 15) is 9.59 Å². The van der Waals surface area contributed by atoms with Gasteiger partial charge in [-0.2, -0.15) is 11.8 Å². The Kier molecular flexibility index (Phi) is 4.46. The van der Waals surface area contributed by atoms with Crippen LogP contribution in [-0.4, -0.2) is 27.7 Å². The molecule has 1 aromatic rings. The topological polar surface area (TPSA) is 79.3 Å². The first-order chi connectivity index (χ1) is 8.99. The molecule has 0 saturated heterocycles. The van der Waals surface area contributed by atoms with Crippen LogP contribution in [0, 0.1) is 5.41 Å². The molecule has 19 heavy (non-hydrogen) atoms. The van der Waals surface area contributed by atoms with Crippen molar-refractivity contribution in [3.63, 3.8) is 0 Å². The van der Waals surface area contributed by atoms with E-state index < -0.39 is 5.97 Å². The fourth-order valence-corrected chi connectivity index (χ4v) is 3.97. The number of hydrogen-bond donors (Lipinski definition) is 2. The maximum Gasteiger partial charge on any atom is 0.303 e. The van der Waals surface area contributed by atoms with Gasteiger partial charge in [-0.25, -0.2) is 4.98 Å². The Morgan fingerprint density at radius 1 is 1.58 bits per heavy atom. The number of anilines is 1. The lowest BCUT2D eigenvalue weighted by molar-refractivity contribution is -0.138. The van der Waals surface area contributed by atoms with Crippen molar-refractivity contribution in [2.24, 2.45) is 5.41 Å². The molecule has 1 fully saturated rings. The second-order valence-corrected chi connectivity index (χ2v) is 6.73. The van der Waals surface area contributed by atoms with E-state index in [1.807, 2.05) is 5.38 Å². The molecule has 0 spiro atoms. The van der Waals surface area contributed by atoms with Gasteiger partial charge in [0.2, 0.25) is 5.91 Å². The molecular formula is C12H16N2O3S2. The van der Waals surface area contributed by atoms with Gasteiger partial charge in [0.15, 0.2) is 5.13 Å². The summed E-state index contributed by atoms with van der Waals surface area (Å²) in [5.41, 5.74) is 0.956. The third kappa shape index (κ3) is 4.50. The Bertz CT molecular complexity index is 483. The molecule has 0 radical (unpaired) electrons. The number of hydrogen-bond acceptors (Lipinski definition) is 5. The number of carboxylic acid groups (broad SMARTS) is 1. The molecular weight excluding hydrogens is 284 g/mol. The molecule has 1 heterocycles. The number of carbonyl (C=O) groups excluding carboxylic acids is 1. The van der Waals surface area contributed by atoms with Crippen LogP contribution in [0.4, 0.5) is 5.13 Å². The van der Waals surface area contributed by atoms with Crippen molar-refractivity contribution < 1.29 is 14.7 Å². The number of carboxylic acids is 1. The Hall–Kier alpha value is -1.08. The lowest BCUT2D eigenvalue weighted by Gasteiger charge is -2.10. The van der Waals surface area contributed by atoms with Gasteiger partial charge in [-0.05, 0) is 24.0 Å². The number of rotatable bonds is 7. The van der Waals surface area contributed by atoms with Crippen LogP contribution in [0.3, 0.4) is 0 Å². The summed E-state index contributed by atoms with van der Waals surface area (Å²) in [6.07, 6.45) is 2.30. The van der Waals surface area contributed by atoms with Crippen LogP contribution in [0.25, 0.3) is 0 Å². The van der Waals surface area contributed by atoms with E-state index in [2.05, 4.69) is 10.3 Å². The van der Waals surface area contributed by atoms with Gasteiger partial charge < -0.3 is 10.4 Å². The summed E-state index contributed by atoms with van der Waals surface area (Å²) in [5, 5.41) is 14.0. The molecule has 1 saturated carbocycles. The van der Waals surface area contributed by atoms with Gasteiger partial charge in [-0.1, -0.05) is 0 Å². The van der Waals surface area contributed by atoms with Crippen molar-refractivity contribution in [1.82, 2.24) is 4.98 Å². The lowest BCUT2D eigenvalue weighted by Crippen LogP contribution is -2.11. The van der Waals surface area contributed by atoms with Gasteiger partial charge >= 0.3 is 5.97 Å². The maximum absolute atomic E-state index is 10.9. The number of aromatic nitrogens is 1. The number of nitrogens with zero attached hydrogens (tertiary/aromatic N) is 1.